The van der Waals surface area contributed by atoms with Crippen LogP contribution in [0, 0.1) is 0 Å². The third-order valence-corrected chi connectivity index (χ3v) is 5.06. The molecule has 0 bridgehead atoms. The molecular formula is C20H31N3O2. The number of rotatable bonds is 7. The zero-order valence-corrected chi connectivity index (χ0v) is 15.7. The Morgan fingerprint density at radius 2 is 1.88 bits per heavy atom. The van der Waals surface area contributed by atoms with E-state index in [2.05, 4.69) is 17.6 Å². The predicted octanol–water partition coefficient (Wildman–Crippen LogP) is 2.96. The first-order chi connectivity index (χ1) is 12.0. The minimum atomic E-state index is -0.325. The topological polar surface area (TPSA) is 61.4 Å². The van der Waals surface area contributed by atoms with E-state index in [1.807, 2.05) is 38.2 Å². The van der Waals surface area contributed by atoms with E-state index in [1.165, 1.54) is 19.3 Å². The number of nitrogens with one attached hydrogen (secondary N) is 2. The van der Waals surface area contributed by atoms with Gasteiger partial charge in [-0.05, 0) is 44.9 Å². The highest BCUT2D eigenvalue weighted by molar-refractivity contribution is 5.93. The molecule has 0 radical (unpaired) electrons. The fourth-order valence-corrected chi connectivity index (χ4v) is 3.27. The number of nitrogens with zero attached hydrogens (tertiary/aromatic N) is 1. The summed E-state index contributed by atoms with van der Waals surface area (Å²) in [6.45, 7) is 4.11. The molecule has 5 nitrogen and oxygen atoms in total. The first-order valence-electron chi connectivity index (χ1n) is 9.39. The SMILES string of the molecule is CCc1ccccc1NC(=O)CN(C)C(C)C(=O)NC1CCCCC1. The molecule has 1 aliphatic rings. The fourth-order valence-electron chi connectivity index (χ4n) is 3.27. The zero-order chi connectivity index (χ0) is 18.2. The van der Waals surface area contributed by atoms with Crippen LogP contribution in [0.5, 0.6) is 0 Å². The summed E-state index contributed by atoms with van der Waals surface area (Å²) in [5.74, 6) is -0.0862. The number of carbonyl (C=O) groups excluding carboxylic acids is 2. The van der Waals surface area contributed by atoms with Gasteiger partial charge in [-0.1, -0.05) is 44.4 Å². The van der Waals surface area contributed by atoms with Crippen molar-refractivity contribution in [3.05, 3.63) is 29.8 Å². The second-order valence-electron chi connectivity index (χ2n) is 6.99. The second-order valence-corrected chi connectivity index (χ2v) is 6.99. The number of benzene rings is 1. The van der Waals surface area contributed by atoms with E-state index in [9.17, 15) is 9.59 Å². The molecule has 0 saturated heterocycles. The molecule has 0 spiro atoms. The van der Waals surface area contributed by atoms with Crippen molar-refractivity contribution in [1.82, 2.24) is 10.2 Å². The maximum atomic E-state index is 12.4. The molecule has 1 fully saturated rings. The molecular weight excluding hydrogens is 314 g/mol. The maximum absolute atomic E-state index is 12.4. The average molecular weight is 345 g/mol. The lowest BCUT2D eigenvalue weighted by atomic mass is 9.95. The zero-order valence-electron chi connectivity index (χ0n) is 15.7. The second kappa shape index (κ2) is 9.56. The number of likely N-dealkylation sites (N-methyl/N-ethyl adjacent to an activating group) is 1. The van der Waals surface area contributed by atoms with Crippen LogP contribution in [0.25, 0.3) is 0 Å². The van der Waals surface area contributed by atoms with Crippen LogP contribution in [0.3, 0.4) is 0 Å². The molecule has 1 unspecified atom stereocenters. The van der Waals surface area contributed by atoms with Gasteiger partial charge in [-0.25, -0.2) is 0 Å². The molecule has 1 aromatic carbocycles. The van der Waals surface area contributed by atoms with E-state index < -0.39 is 0 Å². The van der Waals surface area contributed by atoms with E-state index in [4.69, 9.17) is 0 Å². The van der Waals surface area contributed by atoms with Gasteiger partial charge in [-0.2, -0.15) is 0 Å². The Balaban J connectivity index is 1.83. The first kappa shape index (κ1) is 19.4. The van der Waals surface area contributed by atoms with E-state index in [1.54, 1.807) is 4.90 Å². The largest absolute Gasteiger partial charge is 0.352 e. The highest BCUT2D eigenvalue weighted by Gasteiger charge is 2.23. The Hall–Kier alpha value is -1.88. The summed E-state index contributed by atoms with van der Waals surface area (Å²) in [6.07, 6.45) is 6.64. The summed E-state index contributed by atoms with van der Waals surface area (Å²) in [5.41, 5.74) is 1.96. The van der Waals surface area contributed by atoms with Crippen molar-refractivity contribution >= 4 is 17.5 Å². The van der Waals surface area contributed by atoms with Crippen LogP contribution < -0.4 is 10.6 Å². The van der Waals surface area contributed by atoms with Crippen molar-refractivity contribution in [3.63, 3.8) is 0 Å². The molecule has 0 aromatic heterocycles. The van der Waals surface area contributed by atoms with Crippen molar-refractivity contribution in [2.24, 2.45) is 0 Å². The van der Waals surface area contributed by atoms with E-state index in [-0.39, 0.29) is 24.4 Å². The molecule has 25 heavy (non-hydrogen) atoms. The third kappa shape index (κ3) is 5.85. The number of aryl methyl sites for hydroxylation is 1. The average Bonchev–Trinajstić information content (AvgIpc) is 2.62. The number of para-hydroxylation sites is 1. The monoisotopic (exact) mass is 345 g/mol. The van der Waals surface area contributed by atoms with Gasteiger partial charge in [0.1, 0.15) is 0 Å². The quantitative estimate of drug-likeness (QED) is 0.799. The summed E-state index contributed by atoms with van der Waals surface area (Å²) < 4.78 is 0. The van der Waals surface area contributed by atoms with Crippen LogP contribution >= 0.6 is 0 Å². The molecule has 138 valence electrons. The van der Waals surface area contributed by atoms with Gasteiger partial charge in [0.15, 0.2) is 0 Å². The van der Waals surface area contributed by atoms with Crippen molar-refractivity contribution < 1.29 is 9.59 Å². The van der Waals surface area contributed by atoms with Crippen LogP contribution in [0.15, 0.2) is 24.3 Å². The molecule has 1 aromatic rings. The van der Waals surface area contributed by atoms with Crippen molar-refractivity contribution in [1.29, 1.82) is 0 Å². The lowest BCUT2D eigenvalue weighted by Gasteiger charge is -2.28. The van der Waals surface area contributed by atoms with E-state index in [0.717, 1.165) is 30.5 Å². The van der Waals surface area contributed by atoms with Gasteiger partial charge >= 0.3 is 0 Å². The molecule has 1 aliphatic carbocycles. The van der Waals surface area contributed by atoms with Gasteiger partial charge in [-0.3, -0.25) is 14.5 Å². The van der Waals surface area contributed by atoms with Crippen molar-refractivity contribution in [3.8, 4) is 0 Å². The smallest absolute Gasteiger partial charge is 0.238 e. The van der Waals surface area contributed by atoms with Gasteiger partial charge < -0.3 is 10.6 Å². The number of hydrogen-bond acceptors (Lipinski definition) is 3. The lowest BCUT2D eigenvalue weighted by Crippen LogP contribution is -2.49. The summed E-state index contributed by atoms with van der Waals surface area (Å²) in [6, 6.07) is 7.78. The van der Waals surface area contributed by atoms with Gasteiger partial charge in [0, 0.05) is 11.7 Å². The normalized spacial score (nSPS) is 16.5. The number of amides is 2. The molecule has 0 aliphatic heterocycles. The molecule has 5 heteroatoms. The molecule has 2 amide bonds. The Bertz CT molecular complexity index is 582. The Morgan fingerprint density at radius 3 is 2.56 bits per heavy atom. The fraction of sp³-hybridized carbons (Fsp3) is 0.600. The van der Waals surface area contributed by atoms with Crippen molar-refractivity contribution in [2.45, 2.75) is 64.5 Å². The number of anilines is 1. The molecule has 1 atom stereocenters. The Labute approximate surface area is 151 Å². The summed E-state index contributed by atoms with van der Waals surface area (Å²) in [7, 11) is 1.82. The minimum absolute atomic E-state index is 0.0103. The van der Waals surface area contributed by atoms with Gasteiger partial charge in [0.2, 0.25) is 11.8 Å². The number of hydrogen-bond donors (Lipinski definition) is 2. The van der Waals surface area contributed by atoms with Crippen molar-refractivity contribution in [2.75, 3.05) is 18.9 Å². The van der Waals surface area contributed by atoms with Crippen LogP contribution in [-0.4, -0.2) is 42.4 Å². The third-order valence-electron chi connectivity index (χ3n) is 5.06. The maximum Gasteiger partial charge on any atom is 0.238 e. The van der Waals surface area contributed by atoms with Crippen LogP contribution in [0.2, 0.25) is 0 Å². The van der Waals surface area contributed by atoms with Gasteiger partial charge in [0.05, 0.1) is 12.6 Å². The Morgan fingerprint density at radius 1 is 1.20 bits per heavy atom. The minimum Gasteiger partial charge on any atom is -0.352 e. The molecule has 0 heterocycles. The summed E-state index contributed by atoms with van der Waals surface area (Å²) in [4.78, 5) is 26.5. The number of carbonyl (C=O) groups is 2. The Kier molecular flexibility index (Phi) is 7.44. The standard InChI is InChI=1S/C20H31N3O2/c1-4-16-10-8-9-13-18(16)22-19(24)14-23(3)15(2)20(25)21-17-11-6-5-7-12-17/h8-10,13,15,17H,4-7,11-12,14H2,1-3H3,(H,21,25)(H,22,24). The molecule has 1 saturated carbocycles. The van der Waals surface area contributed by atoms with E-state index in [0.29, 0.717) is 6.04 Å². The summed E-state index contributed by atoms with van der Waals surface area (Å²) in [5, 5.41) is 6.08. The highest BCUT2D eigenvalue weighted by Crippen LogP contribution is 2.18. The van der Waals surface area contributed by atoms with E-state index >= 15 is 0 Å². The van der Waals surface area contributed by atoms with Gasteiger partial charge in [0.25, 0.3) is 0 Å². The highest BCUT2D eigenvalue weighted by atomic mass is 16.2. The summed E-state index contributed by atoms with van der Waals surface area (Å²) >= 11 is 0. The molecule has 2 rings (SSSR count). The predicted molar refractivity (Wildman–Crippen MR) is 102 cm³/mol. The van der Waals surface area contributed by atoms with Crippen LogP contribution in [0.4, 0.5) is 5.69 Å². The van der Waals surface area contributed by atoms with Gasteiger partial charge in [-0.15, -0.1) is 0 Å². The first-order valence-corrected chi connectivity index (χ1v) is 9.39. The molecule has 2 N–H and O–H groups in total. The van der Waals surface area contributed by atoms with Crippen LogP contribution in [-0.2, 0) is 16.0 Å². The van der Waals surface area contributed by atoms with Crippen LogP contribution in [0.1, 0.15) is 51.5 Å². The lowest BCUT2D eigenvalue weighted by molar-refractivity contribution is -0.127.